The summed E-state index contributed by atoms with van der Waals surface area (Å²) in [6.45, 7) is 0. The number of methoxy groups -OCH3 is 2. The van der Waals surface area contributed by atoms with Crippen LogP contribution in [0.5, 0.6) is 11.5 Å². The molecule has 0 fully saturated rings. The number of hydrogen-bond acceptors (Lipinski definition) is 4. The first kappa shape index (κ1) is 18.3. The molecular formula is C16H15Cl2N3O2S. The van der Waals surface area contributed by atoms with E-state index in [4.69, 9.17) is 44.9 Å². The van der Waals surface area contributed by atoms with Crippen LogP contribution in [0.3, 0.4) is 0 Å². The van der Waals surface area contributed by atoms with Gasteiger partial charge in [0, 0.05) is 5.02 Å². The molecule has 2 aromatic rings. The highest BCUT2D eigenvalue weighted by Crippen LogP contribution is 2.27. The highest BCUT2D eigenvalue weighted by atomic mass is 35.5. The van der Waals surface area contributed by atoms with Gasteiger partial charge in [-0.05, 0) is 54.2 Å². The van der Waals surface area contributed by atoms with Crippen LogP contribution in [0.15, 0.2) is 41.5 Å². The summed E-state index contributed by atoms with van der Waals surface area (Å²) in [6, 6.07) is 10.5. The van der Waals surface area contributed by atoms with Crippen molar-refractivity contribution in [1.29, 1.82) is 0 Å². The Balaban J connectivity index is 1.97. The molecule has 0 saturated heterocycles. The summed E-state index contributed by atoms with van der Waals surface area (Å²) >= 11 is 17.1. The normalized spacial score (nSPS) is 10.5. The smallest absolute Gasteiger partial charge is 0.191 e. The van der Waals surface area contributed by atoms with Crippen molar-refractivity contribution in [3.05, 3.63) is 52.0 Å². The van der Waals surface area contributed by atoms with E-state index in [-0.39, 0.29) is 0 Å². The third-order valence-electron chi connectivity index (χ3n) is 2.97. The quantitative estimate of drug-likeness (QED) is 0.457. The Hall–Kier alpha value is -2.02. The van der Waals surface area contributed by atoms with E-state index in [0.717, 1.165) is 5.56 Å². The number of ether oxygens (including phenoxy) is 2. The summed E-state index contributed by atoms with van der Waals surface area (Å²) < 4.78 is 10.4. The fourth-order valence-corrected chi connectivity index (χ4v) is 2.46. The van der Waals surface area contributed by atoms with Gasteiger partial charge in [0.25, 0.3) is 0 Å². The molecule has 0 radical (unpaired) electrons. The number of thiocarbonyl (C=S) groups is 1. The zero-order chi connectivity index (χ0) is 17.5. The van der Waals surface area contributed by atoms with Crippen LogP contribution in [0.2, 0.25) is 10.0 Å². The second-order valence-electron chi connectivity index (χ2n) is 4.56. The van der Waals surface area contributed by atoms with E-state index >= 15 is 0 Å². The van der Waals surface area contributed by atoms with Crippen molar-refractivity contribution in [3.8, 4) is 11.5 Å². The Morgan fingerprint density at radius 2 is 1.83 bits per heavy atom. The van der Waals surface area contributed by atoms with Gasteiger partial charge in [-0.3, -0.25) is 5.43 Å². The number of nitrogens with one attached hydrogen (secondary N) is 2. The lowest BCUT2D eigenvalue weighted by Gasteiger charge is -2.09. The molecule has 0 bridgehead atoms. The fourth-order valence-electron chi connectivity index (χ4n) is 1.84. The lowest BCUT2D eigenvalue weighted by atomic mass is 10.2. The minimum atomic E-state index is 0.302. The molecule has 24 heavy (non-hydrogen) atoms. The Kier molecular flexibility index (Phi) is 6.66. The van der Waals surface area contributed by atoms with E-state index < -0.39 is 0 Å². The molecule has 0 spiro atoms. The van der Waals surface area contributed by atoms with Crippen molar-refractivity contribution in [3.63, 3.8) is 0 Å². The maximum atomic E-state index is 6.07. The number of halogens is 2. The highest BCUT2D eigenvalue weighted by molar-refractivity contribution is 7.80. The van der Waals surface area contributed by atoms with E-state index in [9.17, 15) is 0 Å². The van der Waals surface area contributed by atoms with Crippen LogP contribution in [0.25, 0.3) is 0 Å². The number of benzene rings is 2. The Labute approximate surface area is 155 Å². The molecule has 0 unspecified atom stereocenters. The predicted octanol–water partition coefficient (Wildman–Crippen LogP) is 4.33. The largest absolute Gasteiger partial charge is 0.493 e. The van der Waals surface area contributed by atoms with Crippen molar-refractivity contribution >= 4 is 52.4 Å². The summed E-state index contributed by atoms with van der Waals surface area (Å²) in [5, 5.41) is 8.33. The van der Waals surface area contributed by atoms with Crippen molar-refractivity contribution in [2.24, 2.45) is 5.10 Å². The van der Waals surface area contributed by atoms with Gasteiger partial charge in [-0.15, -0.1) is 0 Å². The van der Waals surface area contributed by atoms with E-state index in [2.05, 4.69) is 15.8 Å². The monoisotopic (exact) mass is 383 g/mol. The maximum absolute atomic E-state index is 6.07. The number of hydrogen-bond donors (Lipinski definition) is 2. The van der Waals surface area contributed by atoms with Gasteiger partial charge in [0.05, 0.1) is 31.1 Å². The Morgan fingerprint density at radius 1 is 1.08 bits per heavy atom. The Bertz CT molecular complexity index is 769. The zero-order valence-corrected chi connectivity index (χ0v) is 15.3. The van der Waals surface area contributed by atoms with Crippen LogP contribution < -0.4 is 20.2 Å². The average Bonchev–Trinajstić information content (AvgIpc) is 2.57. The summed E-state index contributed by atoms with van der Waals surface area (Å²) in [4.78, 5) is 0. The molecule has 5 nitrogen and oxygen atoms in total. The molecule has 0 aromatic heterocycles. The molecule has 2 rings (SSSR count). The average molecular weight is 384 g/mol. The lowest BCUT2D eigenvalue weighted by Crippen LogP contribution is -2.24. The Morgan fingerprint density at radius 3 is 2.50 bits per heavy atom. The van der Waals surface area contributed by atoms with E-state index in [1.54, 1.807) is 50.8 Å². The minimum Gasteiger partial charge on any atom is -0.493 e. The molecule has 0 aliphatic carbocycles. The second-order valence-corrected chi connectivity index (χ2v) is 5.81. The van der Waals surface area contributed by atoms with Gasteiger partial charge in [-0.1, -0.05) is 23.2 Å². The summed E-state index contributed by atoms with van der Waals surface area (Å²) in [5.74, 6) is 1.27. The summed E-state index contributed by atoms with van der Waals surface area (Å²) in [7, 11) is 3.16. The van der Waals surface area contributed by atoms with Gasteiger partial charge in [-0.25, -0.2) is 0 Å². The van der Waals surface area contributed by atoms with Gasteiger partial charge >= 0.3 is 0 Å². The van der Waals surface area contributed by atoms with Crippen molar-refractivity contribution in [1.82, 2.24) is 5.43 Å². The van der Waals surface area contributed by atoms with Gasteiger partial charge in [-0.2, -0.15) is 5.10 Å². The molecule has 0 atom stereocenters. The molecule has 0 aliphatic heterocycles. The van der Waals surface area contributed by atoms with Crippen LogP contribution in [-0.2, 0) is 0 Å². The van der Waals surface area contributed by atoms with Crippen LogP contribution in [-0.4, -0.2) is 25.5 Å². The molecule has 2 aromatic carbocycles. The molecule has 0 amide bonds. The van der Waals surface area contributed by atoms with E-state index in [1.807, 2.05) is 6.07 Å². The van der Waals surface area contributed by atoms with Crippen molar-refractivity contribution in [2.75, 3.05) is 19.5 Å². The molecule has 0 saturated carbocycles. The molecule has 8 heteroatoms. The van der Waals surface area contributed by atoms with Gasteiger partial charge in [0.15, 0.2) is 16.6 Å². The molecule has 0 heterocycles. The predicted molar refractivity (Wildman–Crippen MR) is 103 cm³/mol. The topological polar surface area (TPSA) is 54.9 Å². The van der Waals surface area contributed by atoms with Gasteiger partial charge < -0.3 is 14.8 Å². The highest BCUT2D eigenvalue weighted by Gasteiger charge is 2.04. The fraction of sp³-hybridized carbons (Fsp3) is 0.125. The van der Waals surface area contributed by atoms with Crippen molar-refractivity contribution in [2.45, 2.75) is 0 Å². The zero-order valence-electron chi connectivity index (χ0n) is 13.0. The third-order valence-corrected chi connectivity index (χ3v) is 3.71. The lowest BCUT2D eigenvalue weighted by molar-refractivity contribution is 0.355. The second kappa shape index (κ2) is 8.73. The maximum Gasteiger partial charge on any atom is 0.191 e. The summed E-state index contributed by atoms with van der Waals surface area (Å²) in [5.41, 5.74) is 4.18. The van der Waals surface area contributed by atoms with E-state index in [1.165, 1.54) is 0 Å². The van der Waals surface area contributed by atoms with Crippen LogP contribution in [0, 0.1) is 0 Å². The van der Waals surface area contributed by atoms with Gasteiger partial charge in [0.1, 0.15) is 0 Å². The van der Waals surface area contributed by atoms with E-state index in [0.29, 0.717) is 32.3 Å². The standard InChI is InChI=1S/C16H15Cl2N3O2S/c1-22-14-6-3-10(7-15(14)23-2)9-19-21-16(24)20-13-5-4-11(17)8-12(13)18/h3-9H,1-2H3,(H2,20,21,24)/b19-9+. The van der Waals surface area contributed by atoms with Crippen LogP contribution in [0.1, 0.15) is 5.56 Å². The van der Waals surface area contributed by atoms with Crippen LogP contribution >= 0.6 is 35.4 Å². The summed E-state index contributed by atoms with van der Waals surface area (Å²) in [6.07, 6.45) is 1.61. The number of nitrogens with zero attached hydrogens (tertiary/aromatic N) is 1. The number of hydrazone groups is 1. The number of anilines is 1. The molecule has 126 valence electrons. The first-order valence-electron chi connectivity index (χ1n) is 6.80. The third kappa shape index (κ3) is 4.99. The first-order chi connectivity index (χ1) is 11.5. The molecule has 0 aliphatic rings. The minimum absolute atomic E-state index is 0.302. The van der Waals surface area contributed by atoms with Crippen molar-refractivity contribution < 1.29 is 9.47 Å². The molecule has 2 N–H and O–H groups in total. The number of rotatable bonds is 5. The van der Waals surface area contributed by atoms with Crippen LogP contribution in [0.4, 0.5) is 5.69 Å². The molecular weight excluding hydrogens is 369 g/mol. The van der Waals surface area contributed by atoms with Gasteiger partial charge in [0.2, 0.25) is 0 Å². The first-order valence-corrected chi connectivity index (χ1v) is 7.97. The SMILES string of the molecule is COc1ccc(/C=N/NC(=S)Nc2ccc(Cl)cc2Cl)cc1OC.